The molecule has 0 bridgehead atoms. The molecule has 0 aromatic heterocycles. The minimum Gasteiger partial charge on any atom is -0.444 e. The molecule has 0 N–H and O–H groups in total. The Balaban J connectivity index is 1.28. The molecule has 3 heterocycles. The molecule has 0 radical (unpaired) electrons. The van der Waals surface area contributed by atoms with E-state index >= 15 is 0 Å². The van der Waals surface area contributed by atoms with E-state index in [1.54, 1.807) is 20.8 Å². The van der Waals surface area contributed by atoms with Crippen LogP contribution in [-0.4, -0.2) is 63.7 Å². The fourth-order valence-corrected chi connectivity index (χ4v) is 5.07. The highest BCUT2D eigenvalue weighted by molar-refractivity contribution is 5.99. The summed E-state index contributed by atoms with van der Waals surface area (Å²) in [5, 5.41) is 2.60. The first-order valence-corrected chi connectivity index (χ1v) is 12.1. The third-order valence-electron chi connectivity index (χ3n) is 6.84. The Morgan fingerprint density at radius 1 is 0.806 bits per heavy atom. The van der Waals surface area contributed by atoms with Gasteiger partial charge in [0.25, 0.3) is 11.8 Å². The van der Waals surface area contributed by atoms with Crippen LogP contribution < -0.4 is 0 Å². The van der Waals surface area contributed by atoms with Crippen molar-refractivity contribution in [2.24, 2.45) is 5.41 Å². The molecule has 9 nitrogen and oxygen atoms in total. The van der Waals surface area contributed by atoms with Crippen molar-refractivity contribution < 1.29 is 28.8 Å². The average molecular weight is 494 g/mol. The monoisotopic (exact) mass is 493 g/mol. The van der Waals surface area contributed by atoms with Crippen LogP contribution in [0.4, 0.5) is 4.79 Å². The zero-order valence-electron chi connectivity index (χ0n) is 20.8. The van der Waals surface area contributed by atoms with Crippen molar-refractivity contribution >= 4 is 17.9 Å². The van der Waals surface area contributed by atoms with Gasteiger partial charge in [-0.15, -0.1) is 0 Å². The highest BCUT2D eigenvalue weighted by atomic mass is 16.7. The van der Waals surface area contributed by atoms with Crippen LogP contribution in [0.3, 0.4) is 0 Å². The molecule has 2 atom stereocenters. The topological polar surface area (TPSA) is 88.6 Å². The zero-order valence-corrected chi connectivity index (χ0v) is 20.8. The summed E-state index contributed by atoms with van der Waals surface area (Å²) in [4.78, 5) is 52.7. The molecule has 190 valence electrons. The van der Waals surface area contributed by atoms with Crippen LogP contribution in [0.1, 0.15) is 38.3 Å². The number of nitrogens with zero attached hydrogens (tertiary/aromatic N) is 3. The lowest BCUT2D eigenvalue weighted by molar-refractivity contribution is -0.247. The van der Waals surface area contributed by atoms with E-state index in [4.69, 9.17) is 14.4 Å². The molecule has 0 aliphatic carbocycles. The molecule has 3 fully saturated rings. The van der Waals surface area contributed by atoms with Gasteiger partial charge in [0, 0.05) is 6.54 Å². The average Bonchev–Trinajstić information content (AvgIpc) is 3.24. The van der Waals surface area contributed by atoms with E-state index in [1.807, 2.05) is 60.7 Å². The number of ether oxygens (including phenoxy) is 1. The van der Waals surface area contributed by atoms with Crippen molar-refractivity contribution in [3.63, 3.8) is 0 Å². The minimum atomic E-state index is -1.17. The first-order chi connectivity index (χ1) is 17.1. The fraction of sp³-hybridized carbons (Fsp3) is 0.444. The predicted molar refractivity (Wildman–Crippen MR) is 129 cm³/mol. The van der Waals surface area contributed by atoms with Crippen LogP contribution in [0.2, 0.25) is 0 Å². The Morgan fingerprint density at radius 3 is 1.81 bits per heavy atom. The molecule has 0 saturated carbocycles. The Hall–Kier alpha value is -3.43. The van der Waals surface area contributed by atoms with Gasteiger partial charge in [-0.05, 0) is 38.3 Å². The molecular formula is C27H31N3O6. The molecule has 3 aliphatic rings. The van der Waals surface area contributed by atoms with E-state index in [1.165, 1.54) is 15.0 Å². The summed E-state index contributed by atoms with van der Waals surface area (Å²) in [6.45, 7) is 6.41. The van der Waals surface area contributed by atoms with E-state index in [0.29, 0.717) is 6.54 Å². The number of likely N-dealkylation sites (tertiary alicyclic amines) is 1. The van der Waals surface area contributed by atoms with E-state index in [2.05, 4.69) is 0 Å². The van der Waals surface area contributed by atoms with Gasteiger partial charge in [0.15, 0.2) is 0 Å². The molecule has 5 rings (SSSR count). The largest absolute Gasteiger partial charge is 0.444 e. The van der Waals surface area contributed by atoms with Gasteiger partial charge in [0.05, 0.1) is 18.5 Å². The summed E-state index contributed by atoms with van der Waals surface area (Å²) in [6.07, 6.45) is -0.389. The lowest BCUT2D eigenvalue weighted by Crippen LogP contribution is -2.73. The van der Waals surface area contributed by atoms with Gasteiger partial charge < -0.3 is 4.74 Å². The standard InChI is InChI=1S/C27H31N3O6/c1-25(2,3)36-24(33)28-17-26(18-29(22(26)31)34-14-20-10-6-4-7-11-20)16-27(28)19-30(23(27)32)35-15-21-12-8-5-9-13-21/h4-13H,14-19H2,1-3H3. The number of hydrogen-bond donors (Lipinski definition) is 0. The number of β-lactam (4-membered cyclic amide) rings is 2. The summed E-state index contributed by atoms with van der Waals surface area (Å²) < 4.78 is 5.61. The molecule has 2 spiro atoms. The van der Waals surface area contributed by atoms with Gasteiger partial charge in [0.1, 0.15) is 24.4 Å². The number of hydrogen-bond acceptors (Lipinski definition) is 6. The van der Waals surface area contributed by atoms with E-state index in [0.717, 1.165) is 11.1 Å². The van der Waals surface area contributed by atoms with Crippen molar-refractivity contribution in [2.45, 2.75) is 51.5 Å². The van der Waals surface area contributed by atoms with Crippen LogP contribution in [0.25, 0.3) is 0 Å². The second kappa shape index (κ2) is 8.90. The maximum atomic E-state index is 13.4. The maximum absolute atomic E-state index is 13.4. The number of rotatable bonds is 6. The van der Waals surface area contributed by atoms with Crippen molar-refractivity contribution in [1.82, 2.24) is 15.0 Å². The van der Waals surface area contributed by atoms with Gasteiger partial charge in [0.2, 0.25) is 0 Å². The van der Waals surface area contributed by atoms with E-state index < -0.39 is 22.6 Å². The van der Waals surface area contributed by atoms with Crippen molar-refractivity contribution in [3.05, 3.63) is 71.8 Å². The zero-order chi connectivity index (χ0) is 25.6. The molecule has 2 aromatic carbocycles. The minimum absolute atomic E-state index is 0.101. The summed E-state index contributed by atoms with van der Waals surface area (Å²) in [5.74, 6) is -0.557. The van der Waals surface area contributed by atoms with Gasteiger partial charge in [-0.1, -0.05) is 60.7 Å². The first kappa shape index (κ1) is 24.3. The van der Waals surface area contributed by atoms with E-state index in [-0.39, 0.29) is 44.5 Å². The Kier molecular flexibility index (Phi) is 6.00. The quantitative estimate of drug-likeness (QED) is 0.574. The van der Waals surface area contributed by atoms with Crippen LogP contribution in [0.15, 0.2) is 60.7 Å². The third-order valence-corrected chi connectivity index (χ3v) is 6.84. The second-order valence-corrected chi connectivity index (χ2v) is 10.8. The Bertz CT molecular complexity index is 1150. The van der Waals surface area contributed by atoms with Gasteiger partial charge in [-0.25, -0.2) is 14.9 Å². The summed E-state index contributed by atoms with van der Waals surface area (Å²) >= 11 is 0. The number of benzene rings is 2. The molecule has 3 saturated heterocycles. The van der Waals surface area contributed by atoms with Crippen LogP contribution >= 0.6 is 0 Å². The molecular weight excluding hydrogens is 462 g/mol. The number of amides is 3. The normalized spacial score (nSPS) is 25.4. The molecule has 36 heavy (non-hydrogen) atoms. The van der Waals surface area contributed by atoms with Crippen molar-refractivity contribution in [3.8, 4) is 0 Å². The molecule has 9 heteroatoms. The van der Waals surface area contributed by atoms with Crippen LogP contribution in [0.5, 0.6) is 0 Å². The highest BCUT2D eigenvalue weighted by Crippen LogP contribution is 2.53. The predicted octanol–water partition coefficient (Wildman–Crippen LogP) is 3.30. The van der Waals surface area contributed by atoms with E-state index in [9.17, 15) is 14.4 Å². The smallest absolute Gasteiger partial charge is 0.411 e. The fourth-order valence-electron chi connectivity index (χ4n) is 5.07. The number of hydroxylamine groups is 4. The maximum Gasteiger partial charge on any atom is 0.411 e. The number of carbonyl (C=O) groups is 3. The van der Waals surface area contributed by atoms with Gasteiger partial charge >= 0.3 is 6.09 Å². The lowest BCUT2D eigenvalue weighted by atomic mass is 9.72. The van der Waals surface area contributed by atoms with Gasteiger partial charge in [-0.2, -0.15) is 0 Å². The number of carbonyl (C=O) groups excluding carboxylic acids is 3. The molecule has 3 aliphatic heterocycles. The lowest BCUT2D eigenvalue weighted by Gasteiger charge is -2.50. The Morgan fingerprint density at radius 2 is 1.33 bits per heavy atom. The van der Waals surface area contributed by atoms with Crippen molar-refractivity contribution in [2.75, 3.05) is 19.6 Å². The molecule has 2 unspecified atom stereocenters. The third kappa shape index (κ3) is 4.33. The molecule has 3 amide bonds. The molecule has 2 aromatic rings. The SMILES string of the molecule is CC(C)(C)OC(=O)N1CC2(CN(OCc3ccccc3)C2=O)CC12CN(OCc1ccccc1)C2=O. The van der Waals surface area contributed by atoms with Crippen LogP contribution in [0, 0.1) is 5.41 Å². The van der Waals surface area contributed by atoms with Gasteiger partial charge in [-0.3, -0.25) is 24.2 Å². The summed E-state index contributed by atoms with van der Waals surface area (Å²) in [5.41, 5.74) is -0.906. The second-order valence-electron chi connectivity index (χ2n) is 10.8. The van der Waals surface area contributed by atoms with Crippen molar-refractivity contribution in [1.29, 1.82) is 0 Å². The first-order valence-electron chi connectivity index (χ1n) is 12.1. The summed E-state index contributed by atoms with van der Waals surface area (Å²) in [6, 6.07) is 19.1. The highest BCUT2D eigenvalue weighted by Gasteiger charge is 2.73. The Labute approximate surface area is 210 Å². The summed E-state index contributed by atoms with van der Waals surface area (Å²) in [7, 11) is 0. The van der Waals surface area contributed by atoms with Crippen LogP contribution in [-0.2, 0) is 37.2 Å².